The number of benzene rings is 2. The highest BCUT2D eigenvalue weighted by molar-refractivity contribution is 7.10. The van der Waals surface area contributed by atoms with E-state index in [1.165, 1.54) is 28.2 Å². The van der Waals surface area contributed by atoms with Gasteiger partial charge in [0.25, 0.3) is 5.91 Å². The molecule has 1 aliphatic heterocycles. The number of hydrogen-bond donors (Lipinski definition) is 2. The first-order chi connectivity index (χ1) is 14.2. The monoisotopic (exact) mass is 407 g/mol. The van der Waals surface area contributed by atoms with E-state index in [0.717, 1.165) is 30.0 Å². The molecule has 1 unspecified atom stereocenters. The van der Waals surface area contributed by atoms with Crippen LogP contribution in [0.5, 0.6) is 0 Å². The van der Waals surface area contributed by atoms with Crippen molar-refractivity contribution in [2.75, 3.05) is 19.6 Å². The maximum Gasteiger partial charge on any atom is 0.275 e. The van der Waals surface area contributed by atoms with Crippen LogP contribution in [-0.2, 0) is 4.79 Å². The fourth-order valence-corrected chi connectivity index (χ4v) is 4.53. The lowest BCUT2D eigenvalue weighted by Gasteiger charge is -2.25. The summed E-state index contributed by atoms with van der Waals surface area (Å²) in [6.07, 6.45) is 3.22. The second-order valence-corrected chi connectivity index (χ2v) is 8.27. The van der Waals surface area contributed by atoms with Crippen molar-refractivity contribution in [1.82, 2.24) is 5.32 Å². The van der Waals surface area contributed by atoms with Crippen molar-refractivity contribution < 1.29 is 14.1 Å². The van der Waals surface area contributed by atoms with E-state index in [1.54, 1.807) is 23.5 Å². The first-order valence-corrected chi connectivity index (χ1v) is 10.7. The maximum atomic E-state index is 13.3. The van der Waals surface area contributed by atoms with Crippen LogP contribution in [0.1, 0.15) is 28.5 Å². The number of carbonyl (C=O) groups excluding carboxylic acids is 1. The van der Waals surface area contributed by atoms with Crippen LogP contribution in [-0.4, -0.2) is 25.5 Å². The number of nitrogens with one attached hydrogen (secondary N) is 2. The third-order valence-electron chi connectivity index (χ3n) is 5.28. The Morgan fingerprint density at radius 3 is 2.52 bits per heavy atom. The van der Waals surface area contributed by atoms with Crippen molar-refractivity contribution in [3.63, 3.8) is 0 Å². The van der Waals surface area contributed by atoms with E-state index in [9.17, 15) is 9.18 Å². The summed E-state index contributed by atoms with van der Waals surface area (Å²) in [6, 6.07) is 20.5. The zero-order valence-corrected chi connectivity index (χ0v) is 16.9. The van der Waals surface area contributed by atoms with Crippen LogP contribution in [0.4, 0.5) is 4.39 Å². The summed E-state index contributed by atoms with van der Waals surface area (Å²) >= 11 is 1.59. The Morgan fingerprint density at radius 1 is 1.07 bits per heavy atom. The molecule has 5 heteroatoms. The second kappa shape index (κ2) is 9.16. The molecule has 0 radical (unpaired) electrons. The molecular formula is C24H24FN2OS+. The average molecular weight is 408 g/mol. The SMILES string of the molecule is O=C(C[NH+]1CC=C(c2ccccc2)CC1)N[C@H](c1ccc(F)cc1)c1cccs1. The van der Waals surface area contributed by atoms with Crippen LogP contribution in [0.3, 0.4) is 0 Å². The van der Waals surface area contributed by atoms with Crippen LogP contribution < -0.4 is 10.2 Å². The molecule has 2 heterocycles. The predicted octanol–water partition coefficient (Wildman–Crippen LogP) is 3.47. The Kier molecular flexibility index (Phi) is 6.17. The summed E-state index contributed by atoms with van der Waals surface area (Å²) in [5.74, 6) is -0.261. The highest BCUT2D eigenvalue weighted by atomic mass is 32.1. The molecule has 3 aromatic rings. The minimum atomic E-state index is -0.274. The van der Waals surface area contributed by atoms with E-state index in [2.05, 4.69) is 35.7 Å². The molecule has 0 bridgehead atoms. The van der Waals surface area contributed by atoms with Gasteiger partial charge < -0.3 is 10.2 Å². The summed E-state index contributed by atoms with van der Waals surface area (Å²) in [7, 11) is 0. The minimum Gasteiger partial charge on any atom is -0.339 e. The van der Waals surface area contributed by atoms with E-state index in [1.807, 2.05) is 23.6 Å². The van der Waals surface area contributed by atoms with Crippen molar-refractivity contribution in [2.45, 2.75) is 12.5 Å². The Bertz CT molecular complexity index is 968. The molecule has 1 aromatic heterocycles. The van der Waals surface area contributed by atoms with Crippen molar-refractivity contribution >= 4 is 22.8 Å². The molecule has 3 nitrogen and oxygen atoms in total. The Labute approximate surface area is 174 Å². The normalized spacial score (nSPS) is 17.4. The molecular weight excluding hydrogens is 383 g/mol. The van der Waals surface area contributed by atoms with Gasteiger partial charge in [0.05, 0.1) is 19.1 Å². The third kappa shape index (κ3) is 5.00. The van der Waals surface area contributed by atoms with E-state index < -0.39 is 0 Å². The molecule has 148 valence electrons. The standard InChI is InChI=1S/C24H23FN2OS/c25-21-10-8-20(9-11-21)24(22-7-4-16-29-22)26-23(28)17-27-14-12-19(13-15-27)18-5-2-1-3-6-18/h1-12,16,24H,13-15,17H2,(H,26,28)/p+1/t24-/m1/s1. The van der Waals surface area contributed by atoms with Gasteiger partial charge in [-0.3, -0.25) is 4.79 Å². The molecule has 1 aliphatic rings. The highest BCUT2D eigenvalue weighted by Crippen LogP contribution is 2.26. The summed E-state index contributed by atoms with van der Waals surface area (Å²) in [5.41, 5.74) is 3.52. The van der Waals surface area contributed by atoms with Crippen molar-refractivity contribution in [1.29, 1.82) is 0 Å². The number of quaternary nitrogens is 1. The number of carbonyl (C=O) groups is 1. The number of thiophene rings is 1. The zero-order chi connectivity index (χ0) is 20.1. The number of hydrogen-bond acceptors (Lipinski definition) is 2. The molecule has 0 aliphatic carbocycles. The lowest BCUT2D eigenvalue weighted by atomic mass is 9.99. The molecule has 4 rings (SSSR count). The fourth-order valence-electron chi connectivity index (χ4n) is 3.73. The topological polar surface area (TPSA) is 33.5 Å². The second-order valence-electron chi connectivity index (χ2n) is 7.29. The van der Waals surface area contributed by atoms with E-state index in [4.69, 9.17) is 0 Å². The average Bonchev–Trinajstić information content (AvgIpc) is 3.29. The Balaban J connectivity index is 1.40. The molecule has 29 heavy (non-hydrogen) atoms. The van der Waals surface area contributed by atoms with Gasteiger partial charge in [-0.2, -0.15) is 0 Å². The van der Waals surface area contributed by atoms with Crippen LogP contribution in [0.15, 0.2) is 78.2 Å². The van der Waals surface area contributed by atoms with Gasteiger partial charge in [-0.1, -0.05) is 48.5 Å². The van der Waals surface area contributed by atoms with Gasteiger partial charge in [-0.05, 0) is 46.4 Å². The van der Waals surface area contributed by atoms with Gasteiger partial charge in [-0.25, -0.2) is 4.39 Å². The van der Waals surface area contributed by atoms with Crippen molar-refractivity contribution in [3.8, 4) is 0 Å². The smallest absolute Gasteiger partial charge is 0.275 e. The highest BCUT2D eigenvalue weighted by Gasteiger charge is 2.23. The summed E-state index contributed by atoms with van der Waals surface area (Å²) in [6.45, 7) is 2.22. The molecule has 0 spiro atoms. The van der Waals surface area contributed by atoms with Crippen LogP contribution in [0.2, 0.25) is 0 Å². The summed E-state index contributed by atoms with van der Waals surface area (Å²) in [5, 5.41) is 5.14. The van der Waals surface area contributed by atoms with Crippen LogP contribution >= 0.6 is 11.3 Å². The van der Waals surface area contributed by atoms with Gasteiger partial charge >= 0.3 is 0 Å². The zero-order valence-electron chi connectivity index (χ0n) is 16.1. The molecule has 2 N–H and O–H groups in total. The quantitative estimate of drug-likeness (QED) is 0.645. The molecule has 0 saturated carbocycles. The van der Waals surface area contributed by atoms with Gasteiger partial charge in [0.2, 0.25) is 0 Å². The van der Waals surface area contributed by atoms with E-state index in [0.29, 0.717) is 6.54 Å². The third-order valence-corrected chi connectivity index (χ3v) is 6.21. The molecule has 0 saturated heterocycles. The van der Waals surface area contributed by atoms with Gasteiger partial charge in [0, 0.05) is 11.3 Å². The first-order valence-electron chi connectivity index (χ1n) is 9.85. The van der Waals surface area contributed by atoms with Gasteiger partial charge in [0.1, 0.15) is 5.82 Å². The maximum absolute atomic E-state index is 13.3. The largest absolute Gasteiger partial charge is 0.339 e. The summed E-state index contributed by atoms with van der Waals surface area (Å²) in [4.78, 5) is 15.1. The molecule has 0 fully saturated rings. The predicted molar refractivity (Wildman–Crippen MR) is 115 cm³/mol. The van der Waals surface area contributed by atoms with Crippen molar-refractivity contribution in [3.05, 3.63) is 100 Å². The molecule has 1 amide bonds. The fraction of sp³-hybridized carbons (Fsp3) is 0.208. The Hall–Kier alpha value is -2.76. The molecule has 2 atom stereocenters. The van der Waals surface area contributed by atoms with Crippen molar-refractivity contribution in [2.24, 2.45) is 0 Å². The van der Waals surface area contributed by atoms with Gasteiger partial charge in [-0.15, -0.1) is 11.3 Å². The van der Waals surface area contributed by atoms with Crippen LogP contribution in [0, 0.1) is 5.82 Å². The lowest BCUT2D eigenvalue weighted by Crippen LogP contribution is -3.13. The summed E-state index contributed by atoms with van der Waals surface area (Å²) < 4.78 is 13.3. The lowest BCUT2D eigenvalue weighted by molar-refractivity contribution is -0.886. The molecule has 2 aromatic carbocycles. The number of rotatable bonds is 6. The Morgan fingerprint density at radius 2 is 1.86 bits per heavy atom. The number of halogens is 1. The first kappa shape index (κ1) is 19.6. The van der Waals surface area contributed by atoms with E-state index in [-0.39, 0.29) is 17.8 Å². The van der Waals surface area contributed by atoms with Gasteiger partial charge in [0.15, 0.2) is 6.54 Å². The van der Waals surface area contributed by atoms with E-state index >= 15 is 0 Å². The van der Waals surface area contributed by atoms with Crippen LogP contribution in [0.25, 0.3) is 5.57 Å². The number of amides is 1. The minimum absolute atomic E-state index is 0.0132.